The van der Waals surface area contributed by atoms with Crippen molar-refractivity contribution in [2.45, 2.75) is 59.8 Å². The van der Waals surface area contributed by atoms with Gasteiger partial charge in [0.15, 0.2) is 5.78 Å². The third-order valence-corrected chi connectivity index (χ3v) is 5.35. The lowest BCUT2D eigenvalue weighted by Crippen LogP contribution is -2.39. The molecule has 1 aliphatic heterocycles. The van der Waals surface area contributed by atoms with Crippen LogP contribution in [0.5, 0.6) is 0 Å². The Morgan fingerprint density at radius 1 is 1.36 bits per heavy atom. The maximum Gasteiger partial charge on any atom is 0.273 e. The zero-order chi connectivity index (χ0) is 19.1. The molecule has 1 saturated heterocycles. The summed E-state index contributed by atoms with van der Waals surface area (Å²) in [5, 5.41) is 3.83. The van der Waals surface area contributed by atoms with Crippen molar-refractivity contribution in [2.75, 3.05) is 0 Å². The highest BCUT2D eigenvalue weighted by molar-refractivity contribution is 7.10. The number of thiophene rings is 1. The number of alkyl halides is 2. The molecule has 0 aromatic carbocycles. The van der Waals surface area contributed by atoms with Crippen molar-refractivity contribution in [3.05, 3.63) is 21.4 Å². The standard InChI is InChI=1S/C12H16F2OS.C6H9NO2/c1-4-7(3)10(15)9-6-16-11(12(13)14)8(9)5-2;1-4-2-3-5(8)7-6(4)9/h6-7,12H,4-5H2,1-3H3;4H,2-3H2,1H3,(H,7,8,9). The zero-order valence-electron chi connectivity index (χ0n) is 15.0. The molecule has 2 unspecified atom stereocenters. The van der Waals surface area contributed by atoms with E-state index in [1.54, 1.807) is 12.3 Å². The number of hydrogen-bond donors (Lipinski definition) is 1. The highest BCUT2D eigenvalue weighted by Gasteiger charge is 2.24. The first-order valence-corrected chi connectivity index (χ1v) is 9.37. The second-order valence-electron chi connectivity index (χ2n) is 6.17. The number of ketones is 1. The maximum absolute atomic E-state index is 12.7. The van der Waals surface area contributed by atoms with Crippen LogP contribution in [-0.4, -0.2) is 17.6 Å². The van der Waals surface area contributed by atoms with E-state index in [9.17, 15) is 23.2 Å². The number of halogens is 2. The molecule has 1 aliphatic rings. The van der Waals surface area contributed by atoms with E-state index in [0.717, 1.165) is 17.8 Å². The highest BCUT2D eigenvalue weighted by atomic mass is 32.1. The van der Waals surface area contributed by atoms with Crippen LogP contribution in [0.3, 0.4) is 0 Å². The van der Waals surface area contributed by atoms with Crippen LogP contribution in [0.1, 0.15) is 74.2 Å². The number of nitrogens with one attached hydrogen (secondary N) is 1. The molecule has 0 saturated carbocycles. The number of hydrogen-bond acceptors (Lipinski definition) is 4. The zero-order valence-corrected chi connectivity index (χ0v) is 15.8. The van der Waals surface area contributed by atoms with E-state index in [0.29, 0.717) is 30.4 Å². The van der Waals surface area contributed by atoms with Crippen LogP contribution >= 0.6 is 11.3 Å². The fourth-order valence-electron chi connectivity index (χ4n) is 2.40. The number of rotatable bonds is 5. The number of carbonyl (C=O) groups excluding carboxylic acids is 3. The summed E-state index contributed by atoms with van der Waals surface area (Å²) in [6.45, 7) is 7.39. The van der Waals surface area contributed by atoms with Crippen LogP contribution in [0.4, 0.5) is 8.78 Å². The molecule has 0 aliphatic carbocycles. The van der Waals surface area contributed by atoms with Crippen molar-refractivity contribution >= 4 is 28.9 Å². The summed E-state index contributed by atoms with van der Waals surface area (Å²) in [6, 6.07) is 0. The number of piperidine rings is 1. The topological polar surface area (TPSA) is 63.2 Å². The third-order valence-electron chi connectivity index (χ3n) is 4.32. The predicted octanol–water partition coefficient (Wildman–Crippen LogP) is 4.54. The van der Waals surface area contributed by atoms with Gasteiger partial charge in [0.1, 0.15) is 0 Å². The summed E-state index contributed by atoms with van der Waals surface area (Å²) in [5.41, 5.74) is 1.03. The molecule has 1 aromatic rings. The van der Waals surface area contributed by atoms with Gasteiger partial charge in [-0.25, -0.2) is 8.78 Å². The van der Waals surface area contributed by atoms with Crippen LogP contribution in [-0.2, 0) is 16.0 Å². The van der Waals surface area contributed by atoms with Crippen LogP contribution in [0.25, 0.3) is 0 Å². The molecule has 0 bridgehead atoms. The van der Waals surface area contributed by atoms with Gasteiger partial charge in [0.05, 0.1) is 4.88 Å². The minimum absolute atomic E-state index is 0.0116. The molecule has 7 heteroatoms. The second-order valence-corrected chi connectivity index (χ2v) is 7.08. The van der Waals surface area contributed by atoms with Crippen molar-refractivity contribution in [1.82, 2.24) is 5.32 Å². The van der Waals surface area contributed by atoms with E-state index in [1.807, 2.05) is 20.8 Å². The molecule has 140 valence electrons. The fraction of sp³-hybridized carbons (Fsp3) is 0.611. The second kappa shape index (κ2) is 9.75. The number of amides is 2. The van der Waals surface area contributed by atoms with Crippen LogP contribution in [0.2, 0.25) is 0 Å². The van der Waals surface area contributed by atoms with Crippen molar-refractivity contribution in [3.63, 3.8) is 0 Å². The predicted molar refractivity (Wildman–Crippen MR) is 94.0 cm³/mol. The van der Waals surface area contributed by atoms with E-state index in [1.165, 1.54) is 0 Å². The largest absolute Gasteiger partial charge is 0.296 e. The van der Waals surface area contributed by atoms with Gasteiger partial charge in [-0.3, -0.25) is 19.7 Å². The average Bonchev–Trinajstić information content (AvgIpc) is 3.01. The highest BCUT2D eigenvalue weighted by Crippen LogP contribution is 2.33. The molecule has 1 fully saturated rings. The van der Waals surface area contributed by atoms with E-state index in [2.05, 4.69) is 5.32 Å². The smallest absolute Gasteiger partial charge is 0.273 e. The van der Waals surface area contributed by atoms with Crippen LogP contribution in [0, 0.1) is 11.8 Å². The quantitative estimate of drug-likeness (QED) is 0.609. The van der Waals surface area contributed by atoms with Gasteiger partial charge in [0, 0.05) is 29.2 Å². The van der Waals surface area contributed by atoms with E-state index in [4.69, 9.17) is 0 Å². The third kappa shape index (κ3) is 5.70. The van der Waals surface area contributed by atoms with Crippen molar-refractivity contribution in [2.24, 2.45) is 11.8 Å². The molecule has 2 amide bonds. The summed E-state index contributed by atoms with van der Waals surface area (Å²) in [7, 11) is 0. The van der Waals surface area contributed by atoms with Gasteiger partial charge < -0.3 is 0 Å². The Kier molecular flexibility index (Phi) is 8.35. The molecular formula is C18H25F2NO3S. The molecular weight excluding hydrogens is 348 g/mol. The Hall–Kier alpha value is -1.63. The molecule has 4 nitrogen and oxygen atoms in total. The van der Waals surface area contributed by atoms with Crippen molar-refractivity contribution in [1.29, 1.82) is 0 Å². The molecule has 2 heterocycles. The Labute approximate surface area is 151 Å². The van der Waals surface area contributed by atoms with Crippen LogP contribution < -0.4 is 5.32 Å². The first-order chi connectivity index (χ1) is 11.7. The normalized spacial score (nSPS) is 18.4. The minimum atomic E-state index is -2.47. The molecule has 2 rings (SSSR count). The first-order valence-electron chi connectivity index (χ1n) is 8.49. The summed E-state index contributed by atoms with van der Waals surface area (Å²) in [4.78, 5) is 33.2. The number of Topliss-reactive ketones (excluding diaryl/α,β-unsaturated/α-hetero) is 1. The Bertz CT molecular complexity index is 628. The SMILES string of the molecule is CC1CCC(=O)NC1=O.CCc1c(C(=O)C(C)CC)csc1C(F)F. The monoisotopic (exact) mass is 373 g/mol. The lowest BCUT2D eigenvalue weighted by Gasteiger charge is -2.15. The van der Waals surface area contributed by atoms with Gasteiger partial charge in [-0.2, -0.15) is 0 Å². The molecule has 2 atom stereocenters. The van der Waals surface area contributed by atoms with Gasteiger partial charge in [-0.1, -0.05) is 27.7 Å². The van der Waals surface area contributed by atoms with E-state index < -0.39 is 6.43 Å². The summed E-state index contributed by atoms with van der Waals surface area (Å²) < 4.78 is 25.3. The summed E-state index contributed by atoms with van der Waals surface area (Å²) in [6.07, 6.45) is -0.0569. The molecule has 1 aromatic heterocycles. The average molecular weight is 373 g/mol. The lowest BCUT2D eigenvalue weighted by molar-refractivity contribution is -0.135. The maximum atomic E-state index is 12.7. The minimum Gasteiger partial charge on any atom is -0.296 e. The van der Waals surface area contributed by atoms with Crippen molar-refractivity contribution in [3.8, 4) is 0 Å². The molecule has 25 heavy (non-hydrogen) atoms. The Balaban J connectivity index is 0.000000293. The van der Waals surface area contributed by atoms with Gasteiger partial charge in [0.2, 0.25) is 11.8 Å². The van der Waals surface area contributed by atoms with Gasteiger partial charge >= 0.3 is 0 Å². The summed E-state index contributed by atoms with van der Waals surface area (Å²) >= 11 is 0.994. The van der Waals surface area contributed by atoms with Crippen molar-refractivity contribution < 1.29 is 23.2 Å². The number of imide groups is 1. The molecule has 0 spiro atoms. The van der Waals surface area contributed by atoms with E-state index >= 15 is 0 Å². The fourth-order valence-corrected chi connectivity index (χ4v) is 3.41. The Morgan fingerprint density at radius 3 is 2.44 bits per heavy atom. The number of carbonyl (C=O) groups is 3. The first kappa shape index (κ1) is 21.4. The summed E-state index contributed by atoms with van der Waals surface area (Å²) in [5.74, 6) is -0.361. The molecule has 1 N–H and O–H groups in total. The van der Waals surface area contributed by atoms with Gasteiger partial charge in [-0.15, -0.1) is 11.3 Å². The molecule has 0 radical (unpaired) electrons. The lowest BCUT2D eigenvalue weighted by atomic mass is 9.95. The van der Waals surface area contributed by atoms with Crippen LogP contribution in [0.15, 0.2) is 5.38 Å². The van der Waals surface area contributed by atoms with Gasteiger partial charge in [-0.05, 0) is 24.8 Å². The van der Waals surface area contributed by atoms with E-state index in [-0.39, 0.29) is 34.3 Å². The Morgan fingerprint density at radius 2 is 2.00 bits per heavy atom. The van der Waals surface area contributed by atoms with Gasteiger partial charge in [0.25, 0.3) is 6.43 Å².